The van der Waals surface area contributed by atoms with E-state index in [-0.39, 0.29) is 5.91 Å². The number of ether oxygens (including phenoxy) is 2. The SMILES string of the molecule is COc1ccccc1OC(C)C(=O)N1CCc2nc(C3CCCNC3)ncc2C1. The van der Waals surface area contributed by atoms with E-state index in [1.807, 2.05) is 35.4 Å². The molecule has 2 aliphatic heterocycles. The number of benzene rings is 1. The van der Waals surface area contributed by atoms with Crippen LogP contribution in [0.4, 0.5) is 0 Å². The summed E-state index contributed by atoms with van der Waals surface area (Å²) < 4.78 is 11.2. The number of amides is 1. The van der Waals surface area contributed by atoms with E-state index < -0.39 is 6.10 Å². The van der Waals surface area contributed by atoms with Gasteiger partial charge in [-0.15, -0.1) is 0 Å². The molecule has 0 spiro atoms. The summed E-state index contributed by atoms with van der Waals surface area (Å²) in [7, 11) is 1.59. The Labute approximate surface area is 171 Å². The lowest BCUT2D eigenvalue weighted by atomic mass is 9.98. The molecule has 0 radical (unpaired) electrons. The number of piperidine rings is 1. The third-order valence-corrected chi connectivity index (χ3v) is 5.65. The van der Waals surface area contributed by atoms with Crippen LogP contribution in [0, 0.1) is 0 Å². The van der Waals surface area contributed by atoms with Crippen molar-refractivity contribution in [2.24, 2.45) is 0 Å². The van der Waals surface area contributed by atoms with Crippen LogP contribution in [0.5, 0.6) is 11.5 Å². The topological polar surface area (TPSA) is 76.6 Å². The molecule has 2 atom stereocenters. The van der Waals surface area contributed by atoms with Crippen LogP contribution >= 0.6 is 0 Å². The van der Waals surface area contributed by atoms with E-state index >= 15 is 0 Å². The van der Waals surface area contributed by atoms with Gasteiger partial charge in [-0.1, -0.05) is 12.1 Å². The number of methoxy groups -OCH3 is 1. The summed E-state index contributed by atoms with van der Waals surface area (Å²) in [5.74, 6) is 2.48. The Balaban J connectivity index is 1.41. The van der Waals surface area contributed by atoms with E-state index in [2.05, 4.69) is 10.3 Å². The van der Waals surface area contributed by atoms with Gasteiger partial charge in [-0.3, -0.25) is 4.79 Å². The average Bonchev–Trinajstić information content (AvgIpc) is 2.78. The molecule has 2 aromatic rings. The second kappa shape index (κ2) is 8.78. The minimum atomic E-state index is -0.596. The third-order valence-electron chi connectivity index (χ3n) is 5.65. The highest BCUT2D eigenvalue weighted by molar-refractivity contribution is 5.81. The van der Waals surface area contributed by atoms with Crippen molar-refractivity contribution < 1.29 is 14.3 Å². The van der Waals surface area contributed by atoms with Crippen molar-refractivity contribution in [3.05, 3.63) is 47.5 Å². The van der Waals surface area contributed by atoms with E-state index in [9.17, 15) is 4.79 Å². The molecule has 1 aromatic carbocycles. The molecule has 2 aliphatic rings. The second-order valence-corrected chi connectivity index (χ2v) is 7.66. The quantitative estimate of drug-likeness (QED) is 0.836. The largest absolute Gasteiger partial charge is 0.493 e. The number of rotatable bonds is 5. The first-order valence-electron chi connectivity index (χ1n) is 10.3. The molecule has 1 fully saturated rings. The Morgan fingerprint density at radius 3 is 2.90 bits per heavy atom. The van der Waals surface area contributed by atoms with Crippen molar-refractivity contribution in [2.75, 3.05) is 26.7 Å². The maximum absolute atomic E-state index is 12.9. The number of carbonyl (C=O) groups is 1. The third kappa shape index (κ3) is 4.34. The van der Waals surface area contributed by atoms with Crippen LogP contribution in [0.3, 0.4) is 0 Å². The number of para-hydroxylation sites is 2. The van der Waals surface area contributed by atoms with Gasteiger partial charge in [-0.25, -0.2) is 9.97 Å². The first-order chi connectivity index (χ1) is 14.2. The highest BCUT2D eigenvalue weighted by Gasteiger charge is 2.28. The van der Waals surface area contributed by atoms with Crippen molar-refractivity contribution in [3.63, 3.8) is 0 Å². The van der Waals surface area contributed by atoms with Gasteiger partial charge in [0.2, 0.25) is 0 Å². The van der Waals surface area contributed by atoms with Crippen molar-refractivity contribution >= 4 is 5.91 Å². The summed E-state index contributed by atoms with van der Waals surface area (Å²) in [6.45, 7) is 4.97. The molecule has 0 aliphatic carbocycles. The van der Waals surface area contributed by atoms with Crippen LogP contribution in [-0.2, 0) is 17.8 Å². The zero-order valence-electron chi connectivity index (χ0n) is 17.1. The average molecular weight is 396 g/mol. The molecule has 7 heteroatoms. The van der Waals surface area contributed by atoms with Gasteiger partial charge in [0.1, 0.15) is 5.82 Å². The molecular weight excluding hydrogens is 368 g/mol. The summed E-state index contributed by atoms with van der Waals surface area (Å²) in [6.07, 6.45) is 4.35. The number of nitrogens with one attached hydrogen (secondary N) is 1. The Morgan fingerprint density at radius 2 is 2.14 bits per heavy atom. The Hall–Kier alpha value is -2.67. The Bertz CT molecular complexity index is 867. The molecule has 7 nitrogen and oxygen atoms in total. The first-order valence-corrected chi connectivity index (χ1v) is 10.3. The molecule has 29 heavy (non-hydrogen) atoms. The molecule has 2 unspecified atom stereocenters. The summed E-state index contributed by atoms with van der Waals surface area (Å²) in [5.41, 5.74) is 2.10. The molecule has 1 amide bonds. The fourth-order valence-electron chi connectivity index (χ4n) is 4.00. The zero-order chi connectivity index (χ0) is 20.2. The lowest BCUT2D eigenvalue weighted by Crippen LogP contribution is -2.43. The van der Waals surface area contributed by atoms with Gasteiger partial charge >= 0.3 is 0 Å². The Morgan fingerprint density at radius 1 is 1.31 bits per heavy atom. The first kappa shape index (κ1) is 19.6. The van der Waals surface area contributed by atoms with Crippen LogP contribution < -0.4 is 14.8 Å². The van der Waals surface area contributed by atoms with Crippen LogP contribution in [0.15, 0.2) is 30.5 Å². The van der Waals surface area contributed by atoms with Gasteiger partial charge in [0.15, 0.2) is 17.6 Å². The molecule has 3 heterocycles. The standard InChI is InChI=1S/C22H28N4O3/c1-15(29-20-8-4-3-7-19(20)28-2)22(27)26-11-9-18-17(14-26)13-24-21(25-18)16-6-5-10-23-12-16/h3-4,7-8,13,15-16,23H,5-6,9-12,14H2,1-2H3. The van der Waals surface area contributed by atoms with Gasteiger partial charge in [0, 0.05) is 43.7 Å². The molecule has 1 N–H and O–H groups in total. The molecule has 0 bridgehead atoms. The van der Waals surface area contributed by atoms with Crippen molar-refractivity contribution in [2.45, 2.75) is 44.8 Å². The van der Waals surface area contributed by atoms with E-state index in [4.69, 9.17) is 14.5 Å². The maximum atomic E-state index is 12.9. The molecule has 1 aromatic heterocycles. The number of hydrogen-bond acceptors (Lipinski definition) is 6. The van der Waals surface area contributed by atoms with Crippen LogP contribution in [0.1, 0.15) is 42.8 Å². The zero-order valence-corrected chi connectivity index (χ0v) is 17.1. The van der Waals surface area contributed by atoms with Crippen molar-refractivity contribution in [3.8, 4) is 11.5 Å². The van der Waals surface area contributed by atoms with E-state index in [1.54, 1.807) is 14.0 Å². The number of carbonyl (C=O) groups excluding carboxylic acids is 1. The minimum Gasteiger partial charge on any atom is -0.493 e. The van der Waals surface area contributed by atoms with Crippen LogP contribution in [-0.4, -0.2) is 53.6 Å². The van der Waals surface area contributed by atoms with Crippen molar-refractivity contribution in [1.82, 2.24) is 20.2 Å². The van der Waals surface area contributed by atoms with Gasteiger partial charge in [0.05, 0.1) is 12.8 Å². The lowest BCUT2D eigenvalue weighted by molar-refractivity contribution is -0.139. The maximum Gasteiger partial charge on any atom is 0.263 e. The normalized spacial score (nSPS) is 19.9. The van der Waals surface area contributed by atoms with E-state index in [1.165, 1.54) is 0 Å². The molecule has 0 saturated carbocycles. The van der Waals surface area contributed by atoms with Gasteiger partial charge < -0.3 is 19.7 Å². The smallest absolute Gasteiger partial charge is 0.263 e. The highest BCUT2D eigenvalue weighted by atomic mass is 16.5. The molecule has 1 saturated heterocycles. The van der Waals surface area contributed by atoms with Crippen LogP contribution in [0.25, 0.3) is 0 Å². The molecular formula is C22H28N4O3. The minimum absolute atomic E-state index is 0.0397. The molecule has 4 rings (SSSR count). The monoisotopic (exact) mass is 396 g/mol. The number of hydrogen-bond donors (Lipinski definition) is 1. The van der Waals surface area contributed by atoms with Gasteiger partial charge in [0.25, 0.3) is 5.91 Å². The number of fused-ring (bicyclic) bond motifs is 1. The predicted octanol–water partition coefficient (Wildman–Crippen LogP) is 2.30. The van der Waals surface area contributed by atoms with Crippen molar-refractivity contribution in [1.29, 1.82) is 0 Å². The Kier molecular flexibility index (Phi) is 5.94. The highest BCUT2D eigenvalue weighted by Crippen LogP contribution is 2.28. The van der Waals surface area contributed by atoms with E-state index in [0.717, 1.165) is 49.4 Å². The van der Waals surface area contributed by atoms with Gasteiger partial charge in [-0.05, 0) is 38.4 Å². The van der Waals surface area contributed by atoms with E-state index in [0.29, 0.717) is 30.5 Å². The fraction of sp³-hybridized carbons (Fsp3) is 0.500. The number of aromatic nitrogens is 2. The summed E-state index contributed by atoms with van der Waals surface area (Å²) in [6, 6.07) is 7.37. The second-order valence-electron chi connectivity index (χ2n) is 7.66. The summed E-state index contributed by atoms with van der Waals surface area (Å²) in [5, 5.41) is 3.42. The fourth-order valence-corrected chi connectivity index (χ4v) is 4.00. The summed E-state index contributed by atoms with van der Waals surface area (Å²) >= 11 is 0. The van der Waals surface area contributed by atoms with Crippen LogP contribution in [0.2, 0.25) is 0 Å². The molecule has 154 valence electrons. The lowest BCUT2D eigenvalue weighted by Gasteiger charge is -2.31. The number of nitrogens with zero attached hydrogens (tertiary/aromatic N) is 3. The summed E-state index contributed by atoms with van der Waals surface area (Å²) in [4.78, 5) is 24.2. The predicted molar refractivity (Wildman–Crippen MR) is 109 cm³/mol. The van der Waals surface area contributed by atoms with Gasteiger partial charge in [-0.2, -0.15) is 0 Å².